The molecule has 6 heteroatoms. The lowest BCUT2D eigenvalue weighted by molar-refractivity contribution is -0.486. The summed E-state index contributed by atoms with van der Waals surface area (Å²) < 4.78 is 0. The van der Waals surface area contributed by atoms with Gasteiger partial charge in [-0.2, -0.15) is 0 Å². The van der Waals surface area contributed by atoms with Crippen LogP contribution in [0.2, 0.25) is 0 Å². The third-order valence-corrected chi connectivity index (χ3v) is 7.84. The van der Waals surface area contributed by atoms with Gasteiger partial charge in [0.05, 0.1) is 18.1 Å². The molecular weight excluding hydrogens is 372 g/mol. The van der Waals surface area contributed by atoms with Gasteiger partial charge in [0.2, 0.25) is 0 Å². The Morgan fingerprint density at radius 2 is 1.55 bits per heavy atom. The Morgan fingerprint density at radius 3 is 2.14 bits per heavy atom. The van der Waals surface area contributed by atoms with Gasteiger partial charge in [0, 0.05) is 5.92 Å². The molecule has 2 aromatic rings. The summed E-state index contributed by atoms with van der Waals surface area (Å²) in [6.07, 6.45) is -3.12. The number of aliphatic hydroxyl groups excluding tert-OH is 3. The van der Waals surface area contributed by atoms with Crippen molar-refractivity contribution in [2.45, 2.75) is 61.1 Å². The minimum absolute atomic E-state index is 0.505. The molecule has 0 spiro atoms. The van der Waals surface area contributed by atoms with Crippen LogP contribution >= 0.6 is 0 Å². The van der Waals surface area contributed by atoms with Crippen molar-refractivity contribution in [2.24, 2.45) is 0 Å². The summed E-state index contributed by atoms with van der Waals surface area (Å²) in [5.41, 5.74) is -5.61. The first kappa shape index (κ1) is 20.5. The van der Waals surface area contributed by atoms with Crippen molar-refractivity contribution >= 4 is 0 Å². The smallest absolute Gasteiger partial charge is 0.138 e. The largest absolute Gasteiger partial charge is 0.394 e. The van der Waals surface area contributed by atoms with E-state index in [2.05, 4.69) is 0 Å². The summed E-state index contributed by atoms with van der Waals surface area (Å²) in [6, 6.07) is 13.9. The first-order chi connectivity index (χ1) is 13.5. The van der Waals surface area contributed by atoms with Gasteiger partial charge in [-0.05, 0) is 43.0 Å². The number of hydrogen-bond acceptors (Lipinski definition) is 6. The highest BCUT2D eigenvalue weighted by Gasteiger charge is 2.98. The number of rotatable bonds is 4. The van der Waals surface area contributed by atoms with Crippen LogP contribution in [0.25, 0.3) is 0 Å². The summed E-state index contributed by atoms with van der Waals surface area (Å²) in [7, 11) is 0. The van der Waals surface area contributed by atoms with Crippen LogP contribution in [0.1, 0.15) is 35.1 Å². The molecule has 156 valence electrons. The lowest BCUT2D eigenvalue weighted by Gasteiger charge is -2.84. The van der Waals surface area contributed by atoms with Crippen molar-refractivity contribution < 1.29 is 30.6 Å². The maximum atomic E-state index is 11.8. The lowest BCUT2D eigenvalue weighted by atomic mass is 9.24. The van der Waals surface area contributed by atoms with E-state index in [1.165, 1.54) is 6.92 Å². The Labute approximate surface area is 169 Å². The number of fused-ring (bicyclic) bond motifs is 1. The van der Waals surface area contributed by atoms with Crippen LogP contribution in [0.15, 0.2) is 48.5 Å². The van der Waals surface area contributed by atoms with E-state index in [-0.39, 0.29) is 0 Å². The number of aliphatic hydroxyl groups is 6. The van der Waals surface area contributed by atoms with Gasteiger partial charge in [0.25, 0.3) is 0 Å². The first-order valence-corrected chi connectivity index (χ1v) is 9.80. The average molecular weight is 400 g/mol. The van der Waals surface area contributed by atoms with Crippen LogP contribution in [0, 0.1) is 13.8 Å². The van der Waals surface area contributed by atoms with Crippen molar-refractivity contribution in [3.63, 3.8) is 0 Å². The fraction of sp³-hybridized carbons (Fsp3) is 0.478. The fourth-order valence-electron chi connectivity index (χ4n) is 6.16. The van der Waals surface area contributed by atoms with E-state index in [9.17, 15) is 30.6 Å². The molecule has 0 bridgehead atoms. The van der Waals surface area contributed by atoms with Crippen molar-refractivity contribution in [2.75, 3.05) is 6.61 Å². The Hall–Kier alpha value is -1.80. The van der Waals surface area contributed by atoms with Gasteiger partial charge in [0.1, 0.15) is 22.9 Å². The van der Waals surface area contributed by atoms with E-state index in [1.807, 2.05) is 19.9 Å². The van der Waals surface area contributed by atoms with E-state index in [4.69, 9.17) is 0 Å². The minimum atomic E-state index is -2.30. The van der Waals surface area contributed by atoms with Crippen molar-refractivity contribution in [3.8, 4) is 0 Å². The van der Waals surface area contributed by atoms with Gasteiger partial charge >= 0.3 is 0 Å². The number of hydrogen-bond donors (Lipinski definition) is 6. The van der Waals surface area contributed by atoms with Gasteiger partial charge in [-0.1, -0.05) is 48.5 Å². The fourth-order valence-corrected chi connectivity index (χ4v) is 6.16. The molecule has 3 unspecified atom stereocenters. The molecule has 6 N–H and O–H groups in total. The molecule has 7 atom stereocenters. The van der Waals surface area contributed by atoms with Crippen molar-refractivity contribution in [1.29, 1.82) is 0 Å². The zero-order valence-electron chi connectivity index (χ0n) is 16.7. The zero-order valence-corrected chi connectivity index (χ0v) is 16.7. The monoisotopic (exact) mass is 400 g/mol. The number of aryl methyl sites for hydroxylation is 1. The summed E-state index contributed by atoms with van der Waals surface area (Å²) in [6.45, 7) is 4.41. The predicted octanol–water partition coefficient (Wildman–Crippen LogP) is 0.280. The molecule has 0 saturated heterocycles. The van der Waals surface area contributed by atoms with E-state index in [0.717, 1.165) is 11.1 Å². The standard InChI is InChI=1S/C23H28O6/c1-13-8-7-11-16(14(13)2)20(3)21(27,17(25)12-24)22(28)18(19(26)23(20,22)29)15-9-5-4-6-10-15/h4-11,17-19,24-29H,12H2,1-3H3/t17-,18?,19?,20?,21+,22+,23-/m1/s1. The second-order valence-electron chi connectivity index (χ2n) is 8.70. The maximum Gasteiger partial charge on any atom is 0.138 e. The molecule has 0 heterocycles. The van der Waals surface area contributed by atoms with E-state index < -0.39 is 47.0 Å². The summed E-state index contributed by atoms with van der Waals surface area (Å²) in [4.78, 5) is 0. The van der Waals surface area contributed by atoms with Crippen molar-refractivity contribution in [1.82, 2.24) is 0 Å². The molecule has 0 radical (unpaired) electrons. The molecule has 0 aliphatic heterocycles. The van der Waals surface area contributed by atoms with Gasteiger partial charge in [-0.3, -0.25) is 0 Å². The lowest BCUT2D eigenvalue weighted by Crippen LogP contribution is -3.05. The molecule has 2 aromatic carbocycles. The van der Waals surface area contributed by atoms with Crippen LogP contribution < -0.4 is 0 Å². The molecule has 2 saturated carbocycles. The van der Waals surface area contributed by atoms with Crippen molar-refractivity contribution in [3.05, 3.63) is 70.8 Å². The molecule has 4 rings (SSSR count). The molecule has 6 nitrogen and oxygen atoms in total. The Morgan fingerprint density at radius 1 is 0.931 bits per heavy atom. The summed E-state index contributed by atoms with van der Waals surface area (Å²) in [5, 5.41) is 66.6. The summed E-state index contributed by atoms with van der Waals surface area (Å²) >= 11 is 0. The van der Waals surface area contributed by atoms with Crippen LogP contribution in [0.4, 0.5) is 0 Å². The molecule has 2 aliphatic rings. The Kier molecular flexibility index (Phi) is 4.31. The Balaban J connectivity index is 1.97. The Bertz CT molecular complexity index is 948. The third kappa shape index (κ3) is 1.89. The quantitative estimate of drug-likeness (QED) is 0.439. The van der Waals surface area contributed by atoms with E-state index >= 15 is 0 Å². The van der Waals surface area contributed by atoms with Crippen LogP contribution in [0.3, 0.4) is 0 Å². The van der Waals surface area contributed by atoms with Gasteiger partial charge in [-0.25, -0.2) is 0 Å². The minimum Gasteiger partial charge on any atom is -0.394 e. The second kappa shape index (κ2) is 6.11. The summed E-state index contributed by atoms with van der Waals surface area (Å²) in [5.74, 6) is -1.03. The van der Waals surface area contributed by atoms with Crippen LogP contribution in [0.5, 0.6) is 0 Å². The van der Waals surface area contributed by atoms with Crippen LogP contribution in [-0.4, -0.2) is 66.3 Å². The molecule has 0 aromatic heterocycles. The zero-order chi connectivity index (χ0) is 21.4. The predicted molar refractivity (Wildman–Crippen MR) is 106 cm³/mol. The molecule has 29 heavy (non-hydrogen) atoms. The molecule has 2 fully saturated rings. The van der Waals surface area contributed by atoms with Crippen LogP contribution in [-0.2, 0) is 5.41 Å². The van der Waals surface area contributed by atoms with E-state index in [0.29, 0.717) is 11.1 Å². The highest BCUT2D eigenvalue weighted by atomic mass is 16.5. The topological polar surface area (TPSA) is 121 Å². The highest BCUT2D eigenvalue weighted by Crippen LogP contribution is 2.78. The molecular formula is C23H28O6. The highest BCUT2D eigenvalue weighted by molar-refractivity contribution is 5.61. The van der Waals surface area contributed by atoms with Gasteiger partial charge < -0.3 is 30.6 Å². The molecule has 2 aliphatic carbocycles. The normalized spacial score (nSPS) is 41.8. The third-order valence-electron chi connectivity index (χ3n) is 7.84. The number of benzene rings is 2. The first-order valence-electron chi connectivity index (χ1n) is 9.80. The average Bonchev–Trinajstić information content (AvgIpc) is 2.73. The second-order valence-corrected chi connectivity index (χ2v) is 8.70. The van der Waals surface area contributed by atoms with Gasteiger partial charge in [0.15, 0.2) is 0 Å². The van der Waals surface area contributed by atoms with Gasteiger partial charge in [-0.15, -0.1) is 0 Å². The SMILES string of the molecule is Cc1cccc(C2(C)[C@]3(O)C(O)C(c4ccccc4)[C@]3(O)[C@]2(O)[C@H](O)CO)c1C. The van der Waals surface area contributed by atoms with E-state index in [1.54, 1.807) is 42.5 Å². The maximum absolute atomic E-state index is 11.8. The molecule has 0 amide bonds.